The van der Waals surface area contributed by atoms with Crippen LogP contribution in [0, 0.1) is 0 Å². The van der Waals surface area contributed by atoms with Gasteiger partial charge in [-0.2, -0.15) is 4.80 Å². The van der Waals surface area contributed by atoms with Crippen LogP contribution >= 0.6 is 15.9 Å². The van der Waals surface area contributed by atoms with Gasteiger partial charge in [-0.05, 0) is 48.9 Å². The topological polar surface area (TPSA) is 75.9 Å². The van der Waals surface area contributed by atoms with Gasteiger partial charge in [0.15, 0.2) is 0 Å². The molecule has 0 spiro atoms. The number of benzene rings is 1. The molecule has 0 radical (unpaired) electrons. The van der Waals surface area contributed by atoms with Gasteiger partial charge in [0, 0.05) is 29.2 Å². The monoisotopic (exact) mass is 392 g/mol. The summed E-state index contributed by atoms with van der Waals surface area (Å²) in [4.78, 5) is 15.9. The fraction of sp³-hybridized carbons (Fsp3) is 0.500. The highest BCUT2D eigenvalue weighted by atomic mass is 79.9. The van der Waals surface area contributed by atoms with Crippen LogP contribution in [0.25, 0.3) is 11.4 Å². The fourth-order valence-corrected chi connectivity index (χ4v) is 3.08. The number of nitrogens with one attached hydrogen (secondary N) is 1. The molecular formula is C16H21BrN6O. The third-order valence-corrected chi connectivity index (χ3v) is 4.77. The summed E-state index contributed by atoms with van der Waals surface area (Å²) in [6.07, 6.45) is 1.99. The second-order valence-electron chi connectivity index (χ2n) is 5.93. The molecule has 0 bridgehead atoms. The summed E-state index contributed by atoms with van der Waals surface area (Å²) in [6, 6.07) is 7.91. The third kappa shape index (κ3) is 4.39. The highest BCUT2D eigenvalue weighted by molar-refractivity contribution is 9.10. The average molecular weight is 393 g/mol. The number of tetrazole rings is 1. The van der Waals surface area contributed by atoms with Crippen molar-refractivity contribution in [1.82, 2.24) is 30.4 Å². The summed E-state index contributed by atoms with van der Waals surface area (Å²) in [5.41, 5.74) is 0.872. The van der Waals surface area contributed by atoms with Gasteiger partial charge in [-0.25, -0.2) is 0 Å². The molecule has 1 aliphatic rings. The number of likely N-dealkylation sites (tertiary alicyclic amines) is 1. The second kappa shape index (κ2) is 7.85. The molecule has 2 aromatic rings. The maximum atomic E-state index is 12.2. The molecule has 7 nitrogen and oxygen atoms in total. The predicted octanol–water partition coefficient (Wildman–Crippen LogP) is 1.70. The van der Waals surface area contributed by atoms with E-state index in [0.29, 0.717) is 5.82 Å². The molecule has 1 aromatic carbocycles. The third-order valence-electron chi connectivity index (χ3n) is 4.24. The van der Waals surface area contributed by atoms with E-state index in [1.807, 2.05) is 24.3 Å². The van der Waals surface area contributed by atoms with Gasteiger partial charge in [-0.3, -0.25) is 4.79 Å². The van der Waals surface area contributed by atoms with Gasteiger partial charge < -0.3 is 10.2 Å². The molecule has 2 heterocycles. The molecule has 1 saturated heterocycles. The van der Waals surface area contributed by atoms with Crippen molar-refractivity contribution in [2.75, 3.05) is 19.6 Å². The van der Waals surface area contributed by atoms with Crippen molar-refractivity contribution in [3.05, 3.63) is 28.7 Å². The van der Waals surface area contributed by atoms with E-state index in [1.165, 1.54) is 4.80 Å². The van der Waals surface area contributed by atoms with Crippen LogP contribution in [0.4, 0.5) is 0 Å². The van der Waals surface area contributed by atoms with E-state index >= 15 is 0 Å². The van der Waals surface area contributed by atoms with Crippen molar-refractivity contribution >= 4 is 21.8 Å². The van der Waals surface area contributed by atoms with E-state index < -0.39 is 0 Å². The van der Waals surface area contributed by atoms with Crippen LogP contribution < -0.4 is 5.32 Å². The SMILES string of the molecule is CCN1CCC(NC(=O)Cn2nnc(-c3ccc(Br)cc3)n2)CC1. The number of amides is 1. The van der Waals surface area contributed by atoms with Crippen molar-refractivity contribution < 1.29 is 4.79 Å². The summed E-state index contributed by atoms with van der Waals surface area (Å²) in [5, 5.41) is 15.3. The minimum absolute atomic E-state index is 0.0651. The Morgan fingerprint density at radius 1 is 1.29 bits per heavy atom. The average Bonchev–Trinajstić information content (AvgIpc) is 3.04. The Balaban J connectivity index is 1.53. The maximum Gasteiger partial charge on any atom is 0.243 e. The Kier molecular flexibility index (Phi) is 5.57. The van der Waals surface area contributed by atoms with Crippen LogP contribution in [-0.2, 0) is 11.3 Å². The van der Waals surface area contributed by atoms with Gasteiger partial charge in [0.1, 0.15) is 6.54 Å². The summed E-state index contributed by atoms with van der Waals surface area (Å²) < 4.78 is 0.993. The molecule has 24 heavy (non-hydrogen) atoms. The fourth-order valence-electron chi connectivity index (χ4n) is 2.82. The number of nitrogens with zero attached hydrogens (tertiary/aromatic N) is 5. The molecule has 0 atom stereocenters. The van der Waals surface area contributed by atoms with E-state index in [4.69, 9.17) is 0 Å². The first-order chi connectivity index (χ1) is 11.6. The Morgan fingerprint density at radius 2 is 2.00 bits per heavy atom. The van der Waals surface area contributed by atoms with E-state index in [-0.39, 0.29) is 18.5 Å². The Morgan fingerprint density at radius 3 is 2.67 bits per heavy atom. The zero-order valence-corrected chi connectivity index (χ0v) is 15.2. The van der Waals surface area contributed by atoms with E-state index in [0.717, 1.165) is 42.5 Å². The minimum Gasteiger partial charge on any atom is -0.352 e. The lowest BCUT2D eigenvalue weighted by Gasteiger charge is -2.31. The van der Waals surface area contributed by atoms with Gasteiger partial charge in [0.25, 0.3) is 0 Å². The first kappa shape index (κ1) is 17.0. The normalized spacial score (nSPS) is 16.2. The lowest BCUT2D eigenvalue weighted by atomic mass is 10.1. The van der Waals surface area contributed by atoms with Gasteiger partial charge in [0.05, 0.1) is 0 Å². The first-order valence-corrected chi connectivity index (χ1v) is 8.99. The van der Waals surface area contributed by atoms with Crippen molar-refractivity contribution in [2.24, 2.45) is 0 Å². The van der Waals surface area contributed by atoms with E-state index in [1.54, 1.807) is 0 Å². The standard InChI is InChI=1S/C16H21BrN6O/c1-2-22-9-7-14(8-10-22)18-15(24)11-23-20-16(19-21-23)12-3-5-13(17)6-4-12/h3-6,14H,2,7-11H2,1H3,(H,18,24). The molecule has 1 N–H and O–H groups in total. The second-order valence-corrected chi connectivity index (χ2v) is 6.84. The molecule has 3 rings (SSSR count). The largest absolute Gasteiger partial charge is 0.352 e. The molecular weight excluding hydrogens is 372 g/mol. The Hall–Kier alpha value is -1.80. The van der Waals surface area contributed by atoms with Crippen LogP contribution in [0.1, 0.15) is 19.8 Å². The van der Waals surface area contributed by atoms with Crippen LogP contribution in [0.15, 0.2) is 28.7 Å². The summed E-state index contributed by atoms with van der Waals surface area (Å²) >= 11 is 3.39. The van der Waals surface area contributed by atoms with E-state index in [2.05, 4.69) is 48.5 Å². The molecule has 1 amide bonds. The van der Waals surface area contributed by atoms with Crippen LogP contribution in [-0.4, -0.2) is 56.7 Å². The lowest BCUT2D eigenvalue weighted by molar-refractivity contribution is -0.123. The van der Waals surface area contributed by atoms with E-state index in [9.17, 15) is 4.79 Å². The maximum absolute atomic E-state index is 12.2. The zero-order chi connectivity index (χ0) is 16.9. The smallest absolute Gasteiger partial charge is 0.243 e. The Bertz CT molecular complexity index is 678. The molecule has 1 fully saturated rings. The van der Waals surface area contributed by atoms with Crippen molar-refractivity contribution in [3.63, 3.8) is 0 Å². The highest BCUT2D eigenvalue weighted by Crippen LogP contribution is 2.17. The zero-order valence-electron chi connectivity index (χ0n) is 13.7. The number of hydrogen-bond donors (Lipinski definition) is 1. The van der Waals surface area contributed by atoms with Gasteiger partial charge in [-0.1, -0.05) is 22.9 Å². The molecule has 128 valence electrons. The van der Waals surface area contributed by atoms with Crippen LogP contribution in [0.2, 0.25) is 0 Å². The minimum atomic E-state index is -0.0651. The summed E-state index contributed by atoms with van der Waals surface area (Å²) in [6.45, 7) is 5.41. The van der Waals surface area contributed by atoms with Gasteiger partial charge in [-0.15, -0.1) is 10.2 Å². The molecule has 0 unspecified atom stereocenters. The van der Waals surface area contributed by atoms with Gasteiger partial charge in [0.2, 0.25) is 11.7 Å². The molecule has 1 aliphatic heterocycles. The first-order valence-electron chi connectivity index (χ1n) is 8.19. The predicted molar refractivity (Wildman–Crippen MR) is 94.2 cm³/mol. The Labute approximate surface area is 149 Å². The summed E-state index contributed by atoms with van der Waals surface area (Å²) in [5.74, 6) is 0.455. The number of rotatable bonds is 5. The molecule has 8 heteroatoms. The number of aromatic nitrogens is 4. The number of carbonyl (C=O) groups excluding carboxylic acids is 1. The number of piperidine rings is 1. The number of halogens is 1. The number of hydrogen-bond acceptors (Lipinski definition) is 5. The van der Waals surface area contributed by atoms with Gasteiger partial charge >= 0.3 is 0 Å². The molecule has 0 aliphatic carbocycles. The van der Waals surface area contributed by atoms with Crippen LogP contribution in [0.5, 0.6) is 0 Å². The van der Waals surface area contributed by atoms with Crippen molar-refractivity contribution in [2.45, 2.75) is 32.4 Å². The highest BCUT2D eigenvalue weighted by Gasteiger charge is 2.20. The van der Waals surface area contributed by atoms with Crippen molar-refractivity contribution in [1.29, 1.82) is 0 Å². The molecule has 0 saturated carbocycles. The lowest BCUT2D eigenvalue weighted by Crippen LogP contribution is -2.45. The number of carbonyl (C=O) groups is 1. The quantitative estimate of drug-likeness (QED) is 0.837. The van der Waals surface area contributed by atoms with Crippen LogP contribution in [0.3, 0.4) is 0 Å². The van der Waals surface area contributed by atoms with Crippen molar-refractivity contribution in [3.8, 4) is 11.4 Å². The molecule has 1 aromatic heterocycles. The summed E-state index contributed by atoms with van der Waals surface area (Å²) in [7, 11) is 0.